The fraction of sp³-hybridized carbons (Fsp3) is 0.263. The van der Waals surface area contributed by atoms with Gasteiger partial charge in [0.05, 0.1) is 17.9 Å². The molecular weight excluding hydrogens is 350 g/mol. The number of hydrogen-bond donors (Lipinski definition) is 1. The number of hydrogen-bond acceptors (Lipinski definition) is 6. The average molecular weight is 371 g/mol. The summed E-state index contributed by atoms with van der Waals surface area (Å²) in [5.41, 5.74) is 2.29. The number of non-ortho nitro benzene ring substituents is 1. The highest BCUT2D eigenvalue weighted by Gasteiger charge is 2.09. The molecule has 142 valence electrons. The van der Waals surface area contributed by atoms with E-state index in [0.717, 1.165) is 11.3 Å². The molecule has 0 unspecified atom stereocenters. The first-order valence-electron chi connectivity index (χ1n) is 8.33. The Labute approximate surface area is 156 Å². The molecule has 0 heterocycles. The molecule has 0 radical (unpaired) electrons. The number of nitro benzene ring substituents is 1. The maximum atomic E-state index is 11.9. The molecule has 0 aliphatic heterocycles. The first-order chi connectivity index (χ1) is 12.8. The summed E-state index contributed by atoms with van der Waals surface area (Å²) < 4.78 is 5.24. The van der Waals surface area contributed by atoms with Gasteiger partial charge in [-0.15, -0.1) is 0 Å². The lowest BCUT2D eigenvalue weighted by molar-refractivity contribution is -0.384. The Balaban J connectivity index is 1.76. The number of nitro groups is 1. The van der Waals surface area contributed by atoms with E-state index in [1.807, 2.05) is 11.9 Å². The Morgan fingerprint density at radius 2 is 1.74 bits per heavy atom. The monoisotopic (exact) mass is 371 g/mol. The number of ether oxygens (including phenoxy) is 1. The molecule has 0 saturated heterocycles. The van der Waals surface area contributed by atoms with Gasteiger partial charge in [-0.25, -0.2) is 0 Å². The van der Waals surface area contributed by atoms with Crippen LogP contribution in [0.15, 0.2) is 48.5 Å². The van der Waals surface area contributed by atoms with Crippen molar-refractivity contribution in [2.45, 2.75) is 13.3 Å². The molecule has 27 heavy (non-hydrogen) atoms. The summed E-state index contributed by atoms with van der Waals surface area (Å²) in [5.74, 6) is -0.501. The predicted molar refractivity (Wildman–Crippen MR) is 102 cm³/mol. The van der Waals surface area contributed by atoms with Crippen LogP contribution in [0.3, 0.4) is 0 Å². The van der Waals surface area contributed by atoms with Crippen molar-refractivity contribution < 1.29 is 19.2 Å². The van der Waals surface area contributed by atoms with Crippen molar-refractivity contribution in [3.8, 4) is 0 Å². The van der Waals surface area contributed by atoms with E-state index in [0.29, 0.717) is 12.2 Å². The first-order valence-corrected chi connectivity index (χ1v) is 8.33. The second-order valence-corrected chi connectivity index (χ2v) is 5.97. The van der Waals surface area contributed by atoms with Crippen molar-refractivity contribution in [1.29, 1.82) is 0 Å². The third-order valence-electron chi connectivity index (χ3n) is 3.81. The van der Waals surface area contributed by atoms with E-state index in [1.54, 1.807) is 36.4 Å². The van der Waals surface area contributed by atoms with Gasteiger partial charge in [0.25, 0.3) is 5.69 Å². The van der Waals surface area contributed by atoms with Gasteiger partial charge in [-0.05, 0) is 29.8 Å². The van der Waals surface area contributed by atoms with Crippen molar-refractivity contribution in [2.75, 3.05) is 30.4 Å². The lowest BCUT2D eigenvalue weighted by atomic mass is 10.1. The summed E-state index contributed by atoms with van der Waals surface area (Å²) in [5, 5.41) is 13.3. The highest BCUT2D eigenvalue weighted by molar-refractivity contribution is 5.88. The molecule has 2 rings (SSSR count). The van der Waals surface area contributed by atoms with E-state index < -0.39 is 4.92 Å². The number of rotatable bonds is 8. The number of carbonyl (C=O) groups excluding carboxylic acids is 2. The van der Waals surface area contributed by atoms with Crippen molar-refractivity contribution in [2.24, 2.45) is 0 Å². The van der Waals surface area contributed by atoms with Gasteiger partial charge in [0.15, 0.2) is 0 Å². The number of benzene rings is 2. The van der Waals surface area contributed by atoms with Crippen LogP contribution in [0.4, 0.5) is 17.1 Å². The van der Waals surface area contributed by atoms with Crippen molar-refractivity contribution in [3.63, 3.8) is 0 Å². The molecule has 0 aliphatic carbocycles. The molecule has 8 nitrogen and oxygen atoms in total. The molecule has 0 bridgehead atoms. The maximum absolute atomic E-state index is 11.9. The number of nitrogens with one attached hydrogen (secondary N) is 1. The summed E-state index contributed by atoms with van der Waals surface area (Å²) in [6.07, 6.45) is 0.140. The average Bonchev–Trinajstić information content (AvgIpc) is 2.63. The zero-order valence-corrected chi connectivity index (χ0v) is 15.2. The lowest BCUT2D eigenvalue weighted by Crippen LogP contribution is -2.24. The van der Waals surface area contributed by atoms with E-state index in [2.05, 4.69) is 5.32 Å². The van der Waals surface area contributed by atoms with Crippen LogP contribution in [0.1, 0.15) is 12.5 Å². The van der Waals surface area contributed by atoms with Crippen molar-refractivity contribution in [1.82, 2.24) is 0 Å². The van der Waals surface area contributed by atoms with E-state index >= 15 is 0 Å². The fourth-order valence-corrected chi connectivity index (χ4v) is 2.38. The standard InChI is InChI=1S/C19H21N3O5/c1-14(23)20-16-5-3-15(4-6-16)13-19(24)27-12-11-21(2)17-7-9-18(10-8-17)22(25)26/h3-10H,11-13H2,1-2H3,(H,20,23). The van der Waals surface area contributed by atoms with Gasteiger partial charge in [-0.3, -0.25) is 19.7 Å². The lowest BCUT2D eigenvalue weighted by Gasteiger charge is -2.18. The molecule has 0 aromatic heterocycles. The van der Waals surface area contributed by atoms with Crippen LogP contribution in [0, 0.1) is 10.1 Å². The van der Waals surface area contributed by atoms with Crippen LogP contribution in [-0.4, -0.2) is 37.0 Å². The summed E-state index contributed by atoms with van der Waals surface area (Å²) in [6.45, 7) is 2.10. The minimum absolute atomic E-state index is 0.0306. The smallest absolute Gasteiger partial charge is 0.310 e. The van der Waals surface area contributed by atoms with Gasteiger partial charge in [0.2, 0.25) is 5.91 Å². The van der Waals surface area contributed by atoms with Crippen LogP contribution in [0.5, 0.6) is 0 Å². The van der Waals surface area contributed by atoms with Gasteiger partial charge in [0.1, 0.15) is 6.61 Å². The fourth-order valence-electron chi connectivity index (χ4n) is 2.38. The predicted octanol–water partition coefficient (Wildman–Crippen LogP) is 2.78. The third-order valence-corrected chi connectivity index (χ3v) is 3.81. The minimum atomic E-state index is -0.450. The Morgan fingerprint density at radius 1 is 1.11 bits per heavy atom. The second kappa shape index (κ2) is 9.33. The molecule has 0 fully saturated rings. The van der Waals surface area contributed by atoms with Gasteiger partial charge >= 0.3 is 5.97 Å². The largest absolute Gasteiger partial charge is 0.464 e. The second-order valence-electron chi connectivity index (χ2n) is 5.97. The number of nitrogens with zero attached hydrogens (tertiary/aromatic N) is 2. The van der Waals surface area contributed by atoms with Crippen molar-refractivity contribution in [3.05, 3.63) is 64.2 Å². The van der Waals surface area contributed by atoms with Crippen LogP contribution in [0.2, 0.25) is 0 Å². The molecule has 0 aliphatic rings. The SMILES string of the molecule is CC(=O)Nc1ccc(CC(=O)OCCN(C)c2ccc([N+](=O)[O-])cc2)cc1. The van der Waals surface area contributed by atoms with Crippen molar-refractivity contribution >= 4 is 28.9 Å². The zero-order valence-electron chi connectivity index (χ0n) is 15.2. The summed E-state index contributed by atoms with van der Waals surface area (Å²) in [4.78, 5) is 35.0. The van der Waals surface area contributed by atoms with Crippen LogP contribution >= 0.6 is 0 Å². The topological polar surface area (TPSA) is 102 Å². The summed E-state index contributed by atoms with van der Waals surface area (Å²) in [6, 6.07) is 13.1. The van der Waals surface area contributed by atoms with E-state index in [4.69, 9.17) is 4.74 Å². The number of likely N-dealkylation sites (N-methyl/N-ethyl adjacent to an activating group) is 1. The molecule has 1 N–H and O–H groups in total. The Bertz CT molecular complexity index is 803. The van der Waals surface area contributed by atoms with Crippen LogP contribution in [-0.2, 0) is 20.7 Å². The normalized spacial score (nSPS) is 10.1. The summed E-state index contributed by atoms with van der Waals surface area (Å²) in [7, 11) is 1.82. The highest BCUT2D eigenvalue weighted by atomic mass is 16.6. The maximum Gasteiger partial charge on any atom is 0.310 e. The molecule has 2 aromatic carbocycles. The van der Waals surface area contributed by atoms with Crippen LogP contribution in [0.25, 0.3) is 0 Å². The summed E-state index contributed by atoms with van der Waals surface area (Å²) >= 11 is 0. The van der Waals surface area contributed by atoms with Gasteiger partial charge in [0, 0.05) is 37.5 Å². The Morgan fingerprint density at radius 3 is 2.30 bits per heavy atom. The molecule has 2 aromatic rings. The Kier molecular flexibility index (Phi) is 6.87. The van der Waals surface area contributed by atoms with E-state index in [9.17, 15) is 19.7 Å². The minimum Gasteiger partial charge on any atom is -0.464 e. The molecule has 1 amide bonds. The quantitative estimate of drug-likeness (QED) is 0.435. The van der Waals surface area contributed by atoms with Gasteiger partial charge in [-0.2, -0.15) is 0 Å². The van der Waals surface area contributed by atoms with E-state index in [-0.39, 0.29) is 30.6 Å². The number of amides is 1. The zero-order chi connectivity index (χ0) is 19.8. The van der Waals surface area contributed by atoms with Gasteiger partial charge < -0.3 is 15.0 Å². The number of esters is 1. The molecule has 0 atom stereocenters. The number of anilines is 2. The molecule has 0 spiro atoms. The molecule has 8 heteroatoms. The molecule has 0 saturated carbocycles. The first kappa shape index (κ1) is 19.9. The number of carbonyl (C=O) groups is 2. The van der Waals surface area contributed by atoms with E-state index in [1.165, 1.54) is 19.1 Å². The molecular formula is C19H21N3O5. The van der Waals surface area contributed by atoms with Gasteiger partial charge in [-0.1, -0.05) is 12.1 Å². The third kappa shape index (κ3) is 6.43. The van der Waals surface area contributed by atoms with Crippen LogP contribution < -0.4 is 10.2 Å². The highest BCUT2D eigenvalue weighted by Crippen LogP contribution is 2.18. The Hall–Kier alpha value is -3.42.